The van der Waals surface area contributed by atoms with Gasteiger partial charge in [0.1, 0.15) is 11.3 Å². The van der Waals surface area contributed by atoms with Gasteiger partial charge in [0.15, 0.2) is 12.4 Å². The minimum Gasteiger partial charge on any atom is -0.452 e. The van der Waals surface area contributed by atoms with Crippen molar-refractivity contribution < 1.29 is 23.6 Å². The number of aryl methyl sites for hydroxylation is 2. The standard InChI is InChI=1S/C22H20N2O5/c1-3-17-20(14(2)29-24-17)22(27)28-13-19(25)23-18-12-8-7-11-16(18)21(26)15-9-5-4-6-10-15/h4-12H,3,13H2,1-2H3,(H,23,25). The summed E-state index contributed by atoms with van der Waals surface area (Å²) in [4.78, 5) is 37.3. The molecule has 148 valence electrons. The summed E-state index contributed by atoms with van der Waals surface area (Å²) in [7, 11) is 0. The maximum atomic E-state index is 12.7. The summed E-state index contributed by atoms with van der Waals surface area (Å²) in [6.07, 6.45) is 0.503. The Hall–Kier alpha value is -3.74. The van der Waals surface area contributed by atoms with E-state index in [4.69, 9.17) is 9.26 Å². The average molecular weight is 392 g/mol. The molecule has 0 radical (unpaired) electrons. The van der Waals surface area contributed by atoms with E-state index in [1.165, 1.54) is 0 Å². The summed E-state index contributed by atoms with van der Waals surface area (Å²) < 4.78 is 10.1. The Morgan fingerprint density at radius 1 is 1.03 bits per heavy atom. The van der Waals surface area contributed by atoms with E-state index in [-0.39, 0.29) is 11.3 Å². The molecule has 7 heteroatoms. The second-order valence-corrected chi connectivity index (χ2v) is 6.28. The highest BCUT2D eigenvalue weighted by Crippen LogP contribution is 2.20. The van der Waals surface area contributed by atoms with Crippen LogP contribution in [0.1, 0.15) is 44.7 Å². The molecule has 3 aromatic rings. The fourth-order valence-electron chi connectivity index (χ4n) is 2.85. The first kappa shape index (κ1) is 20.0. The van der Waals surface area contributed by atoms with Crippen LogP contribution in [0.3, 0.4) is 0 Å². The topological polar surface area (TPSA) is 98.5 Å². The molecule has 29 heavy (non-hydrogen) atoms. The first-order chi connectivity index (χ1) is 14.0. The molecule has 1 heterocycles. The molecule has 0 bridgehead atoms. The lowest BCUT2D eigenvalue weighted by atomic mass is 10.0. The Labute approximate surface area is 167 Å². The van der Waals surface area contributed by atoms with E-state index in [0.717, 1.165) is 0 Å². The third-order valence-electron chi connectivity index (χ3n) is 4.29. The lowest BCUT2D eigenvalue weighted by molar-refractivity contribution is -0.119. The zero-order chi connectivity index (χ0) is 20.8. The number of aromatic nitrogens is 1. The van der Waals surface area contributed by atoms with Gasteiger partial charge in [-0.1, -0.05) is 54.5 Å². The molecular formula is C22H20N2O5. The highest BCUT2D eigenvalue weighted by atomic mass is 16.5. The van der Waals surface area contributed by atoms with Crippen molar-refractivity contribution in [2.75, 3.05) is 11.9 Å². The van der Waals surface area contributed by atoms with E-state index in [1.807, 2.05) is 13.0 Å². The molecular weight excluding hydrogens is 372 g/mol. The zero-order valence-corrected chi connectivity index (χ0v) is 16.1. The van der Waals surface area contributed by atoms with Crippen LogP contribution in [-0.2, 0) is 16.0 Å². The number of hydrogen-bond acceptors (Lipinski definition) is 6. The van der Waals surface area contributed by atoms with Gasteiger partial charge in [-0.15, -0.1) is 0 Å². The smallest absolute Gasteiger partial charge is 0.344 e. The van der Waals surface area contributed by atoms with Crippen molar-refractivity contribution in [3.8, 4) is 0 Å². The van der Waals surface area contributed by atoms with Gasteiger partial charge in [0.05, 0.1) is 11.4 Å². The Kier molecular flexibility index (Phi) is 6.19. The molecule has 2 aromatic carbocycles. The highest BCUT2D eigenvalue weighted by molar-refractivity contribution is 6.14. The van der Waals surface area contributed by atoms with Crippen molar-refractivity contribution in [3.63, 3.8) is 0 Å². The van der Waals surface area contributed by atoms with Crippen molar-refractivity contribution in [2.45, 2.75) is 20.3 Å². The normalized spacial score (nSPS) is 10.4. The molecule has 0 atom stereocenters. The summed E-state index contributed by atoms with van der Waals surface area (Å²) >= 11 is 0. The largest absolute Gasteiger partial charge is 0.452 e. The van der Waals surface area contributed by atoms with Crippen molar-refractivity contribution >= 4 is 23.3 Å². The molecule has 7 nitrogen and oxygen atoms in total. The number of nitrogens with one attached hydrogen (secondary N) is 1. The van der Waals surface area contributed by atoms with Crippen LogP contribution in [0.2, 0.25) is 0 Å². The molecule has 0 aliphatic rings. The molecule has 1 aromatic heterocycles. The first-order valence-electron chi connectivity index (χ1n) is 9.12. The number of hydrogen-bond donors (Lipinski definition) is 1. The zero-order valence-electron chi connectivity index (χ0n) is 16.1. The van der Waals surface area contributed by atoms with Crippen LogP contribution in [0.4, 0.5) is 5.69 Å². The molecule has 0 unspecified atom stereocenters. The number of amides is 1. The van der Waals surface area contributed by atoms with Crippen molar-refractivity contribution in [1.82, 2.24) is 5.16 Å². The molecule has 0 aliphatic heterocycles. The molecule has 0 spiro atoms. The Morgan fingerprint density at radius 3 is 2.45 bits per heavy atom. The number of carbonyl (C=O) groups is 3. The number of rotatable bonds is 7. The van der Waals surface area contributed by atoms with Gasteiger partial charge >= 0.3 is 5.97 Å². The molecule has 0 aliphatic carbocycles. The van der Waals surface area contributed by atoms with Crippen molar-refractivity contribution in [1.29, 1.82) is 0 Å². The van der Waals surface area contributed by atoms with Gasteiger partial charge in [-0.05, 0) is 25.5 Å². The van der Waals surface area contributed by atoms with Crippen molar-refractivity contribution in [3.05, 3.63) is 82.7 Å². The Balaban J connectivity index is 1.68. The number of ketones is 1. The van der Waals surface area contributed by atoms with Crippen LogP contribution in [0.25, 0.3) is 0 Å². The monoisotopic (exact) mass is 392 g/mol. The van der Waals surface area contributed by atoms with E-state index >= 15 is 0 Å². The van der Waals surface area contributed by atoms with Crippen LogP contribution in [-0.4, -0.2) is 29.4 Å². The van der Waals surface area contributed by atoms with Crippen LogP contribution >= 0.6 is 0 Å². The number of ether oxygens (including phenoxy) is 1. The number of esters is 1. The van der Waals surface area contributed by atoms with E-state index in [2.05, 4.69) is 10.5 Å². The van der Waals surface area contributed by atoms with Crippen LogP contribution in [0, 0.1) is 6.92 Å². The summed E-state index contributed by atoms with van der Waals surface area (Å²) in [6, 6.07) is 15.4. The minimum atomic E-state index is -0.676. The predicted molar refractivity (Wildman–Crippen MR) is 106 cm³/mol. The Bertz CT molecular complexity index is 1040. The number of carbonyl (C=O) groups excluding carboxylic acids is 3. The second-order valence-electron chi connectivity index (χ2n) is 6.28. The fraction of sp³-hybridized carbons (Fsp3) is 0.182. The molecule has 0 saturated heterocycles. The van der Waals surface area contributed by atoms with Gasteiger partial charge in [-0.2, -0.15) is 0 Å². The Morgan fingerprint density at radius 2 is 1.72 bits per heavy atom. The van der Waals surface area contributed by atoms with Gasteiger partial charge < -0.3 is 14.6 Å². The lowest BCUT2D eigenvalue weighted by Gasteiger charge is -2.11. The molecule has 1 N–H and O–H groups in total. The fourth-order valence-corrected chi connectivity index (χ4v) is 2.85. The second kappa shape index (κ2) is 8.97. The van der Waals surface area contributed by atoms with Gasteiger partial charge in [0.25, 0.3) is 5.91 Å². The van der Waals surface area contributed by atoms with Crippen LogP contribution < -0.4 is 5.32 Å². The minimum absolute atomic E-state index is 0.217. The summed E-state index contributed by atoms with van der Waals surface area (Å²) in [5.41, 5.74) is 1.92. The van der Waals surface area contributed by atoms with Gasteiger partial charge in [-0.3, -0.25) is 9.59 Å². The third kappa shape index (κ3) is 4.57. The number of nitrogens with zero attached hydrogens (tertiary/aromatic N) is 1. The lowest BCUT2D eigenvalue weighted by Crippen LogP contribution is -2.22. The first-order valence-corrected chi connectivity index (χ1v) is 9.12. The maximum absolute atomic E-state index is 12.7. The molecule has 3 rings (SSSR count). The highest BCUT2D eigenvalue weighted by Gasteiger charge is 2.22. The third-order valence-corrected chi connectivity index (χ3v) is 4.29. The maximum Gasteiger partial charge on any atom is 0.344 e. The number of para-hydroxylation sites is 1. The predicted octanol–water partition coefficient (Wildman–Crippen LogP) is 3.57. The van der Waals surface area contributed by atoms with E-state index in [9.17, 15) is 14.4 Å². The average Bonchev–Trinajstić information content (AvgIpc) is 3.13. The SMILES string of the molecule is CCc1noc(C)c1C(=O)OCC(=O)Nc1ccccc1C(=O)c1ccccc1. The summed E-state index contributed by atoms with van der Waals surface area (Å²) in [5.74, 6) is -1.11. The summed E-state index contributed by atoms with van der Waals surface area (Å²) in [6.45, 7) is 2.94. The van der Waals surface area contributed by atoms with Crippen molar-refractivity contribution in [2.24, 2.45) is 0 Å². The quantitative estimate of drug-likeness (QED) is 0.487. The van der Waals surface area contributed by atoms with Gasteiger partial charge in [0.2, 0.25) is 0 Å². The number of anilines is 1. The van der Waals surface area contributed by atoms with Crippen LogP contribution in [0.5, 0.6) is 0 Å². The number of benzene rings is 2. The van der Waals surface area contributed by atoms with E-state index < -0.39 is 18.5 Å². The van der Waals surface area contributed by atoms with Gasteiger partial charge in [0, 0.05) is 11.1 Å². The molecule has 1 amide bonds. The van der Waals surface area contributed by atoms with Gasteiger partial charge in [-0.25, -0.2) is 4.79 Å². The van der Waals surface area contributed by atoms with E-state index in [1.54, 1.807) is 55.5 Å². The molecule has 0 saturated carbocycles. The molecule has 0 fully saturated rings. The summed E-state index contributed by atoms with van der Waals surface area (Å²) in [5, 5.41) is 6.43. The van der Waals surface area contributed by atoms with E-state index in [0.29, 0.717) is 34.7 Å². The van der Waals surface area contributed by atoms with Crippen LogP contribution in [0.15, 0.2) is 59.1 Å².